The molecule has 1 aromatic heterocycles. The molecule has 1 nitrogen and oxygen atoms in total. The molecular weight excluding hydrogens is 192 g/mol. The second kappa shape index (κ2) is 3.67. The molecule has 0 spiro atoms. The van der Waals surface area contributed by atoms with E-state index in [1.807, 2.05) is 0 Å². The molecule has 0 bridgehead atoms. The fraction of sp³-hybridized carbons (Fsp3) is 0.667. The molecule has 1 heterocycles. The molecular formula is C12H18OS. The van der Waals surface area contributed by atoms with Crippen LogP contribution in [0.25, 0.3) is 0 Å². The average molecular weight is 210 g/mol. The van der Waals surface area contributed by atoms with Crippen LogP contribution in [-0.2, 0) is 5.60 Å². The zero-order valence-corrected chi connectivity index (χ0v) is 9.73. The standard InChI is InChI=1S/C12H18OS/c1-9-3-6-12(13,7-4-9)11-5-8-14-10(11)2/h5,8-9,13H,3-4,6-7H2,1-2H3. The van der Waals surface area contributed by atoms with E-state index >= 15 is 0 Å². The molecule has 0 unspecified atom stereocenters. The molecule has 1 fully saturated rings. The Morgan fingerprint density at radius 2 is 2.07 bits per heavy atom. The summed E-state index contributed by atoms with van der Waals surface area (Å²) in [4.78, 5) is 1.28. The van der Waals surface area contributed by atoms with E-state index in [1.165, 1.54) is 10.4 Å². The summed E-state index contributed by atoms with van der Waals surface area (Å²) < 4.78 is 0. The molecule has 1 aliphatic rings. The SMILES string of the molecule is Cc1sccc1C1(O)CCC(C)CC1. The van der Waals surface area contributed by atoms with Gasteiger partial charge in [-0.25, -0.2) is 0 Å². The van der Waals surface area contributed by atoms with Gasteiger partial charge < -0.3 is 5.11 Å². The normalized spacial score (nSPS) is 33.2. The molecule has 0 aliphatic heterocycles. The predicted octanol–water partition coefficient (Wildman–Crippen LogP) is 3.45. The maximum atomic E-state index is 10.5. The van der Waals surface area contributed by atoms with Crippen LogP contribution in [0.5, 0.6) is 0 Å². The predicted molar refractivity (Wildman–Crippen MR) is 60.6 cm³/mol. The summed E-state index contributed by atoms with van der Waals surface area (Å²) >= 11 is 1.74. The van der Waals surface area contributed by atoms with Gasteiger partial charge in [-0.3, -0.25) is 0 Å². The first-order valence-electron chi connectivity index (χ1n) is 5.39. The zero-order valence-electron chi connectivity index (χ0n) is 8.92. The first-order chi connectivity index (χ1) is 6.62. The quantitative estimate of drug-likeness (QED) is 0.752. The molecule has 14 heavy (non-hydrogen) atoms. The number of hydrogen-bond acceptors (Lipinski definition) is 2. The van der Waals surface area contributed by atoms with Gasteiger partial charge in [0.1, 0.15) is 0 Å². The Kier molecular flexibility index (Phi) is 2.67. The van der Waals surface area contributed by atoms with Crippen LogP contribution in [0.1, 0.15) is 43.0 Å². The Hall–Kier alpha value is -0.340. The van der Waals surface area contributed by atoms with Gasteiger partial charge in [0, 0.05) is 4.88 Å². The van der Waals surface area contributed by atoms with Crippen molar-refractivity contribution in [3.8, 4) is 0 Å². The van der Waals surface area contributed by atoms with Crippen LogP contribution in [0.15, 0.2) is 11.4 Å². The number of hydrogen-bond donors (Lipinski definition) is 1. The van der Waals surface area contributed by atoms with E-state index < -0.39 is 5.60 Å². The van der Waals surface area contributed by atoms with Gasteiger partial charge in [0.25, 0.3) is 0 Å². The minimum atomic E-state index is -0.517. The minimum Gasteiger partial charge on any atom is -0.385 e. The van der Waals surface area contributed by atoms with Gasteiger partial charge in [0.2, 0.25) is 0 Å². The summed E-state index contributed by atoms with van der Waals surface area (Å²) in [5.74, 6) is 0.786. The van der Waals surface area contributed by atoms with Crippen molar-refractivity contribution < 1.29 is 5.11 Å². The maximum absolute atomic E-state index is 10.5. The van der Waals surface area contributed by atoms with Crippen molar-refractivity contribution in [2.75, 3.05) is 0 Å². The third-order valence-corrected chi connectivity index (χ3v) is 4.31. The Labute approximate surface area is 89.8 Å². The monoisotopic (exact) mass is 210 g/mol. The Bertz CT molecular complexity index is 308. The van der Waals surface area contributed by atoms with Crippen molar-refractivity contribution in [2.24, 2.45) is 5.92 Å². The average Bonchev–Trinajstić information content (AvgIpc) is 2.58. The van der Waals surface area contributed by atoms with E-state index in [1.54, 1.807) is 11.3 Å². The molecule has 1 N–H and O–H groups in total. The highest BCUT2D eigenvalue weighted by Crippen LogP contribution is 2.41. The summed E-state index contributed by atoms with van der Waals surface area (Å²) in [6.07, 6.45) is 4.19. The summed E-state index contributed by atoms with van der Waals surface area (Å²) in [6.45, 7) is 4.38. The molecule has 2 heteroatoms. The van der Waals surface area contributed by atoms with Crippen LogP contribution in [-0.4, -0.2) is 5.11 Å². The lowest BCUT2D eigenvalue weighted by Gasteiger charge is -2.35. The molecule has 1 aromatic rings. The van der Waals surface area contributed by atoms with Gasteiger partial charge in [-0.05, 0) is 55.5 Å². The molecule has 1 aliphatic carbocycles. The lowest BCUT2D eigenvalue weighted by Crippen LogP contribution is -2.30. The Balaban J connectivity index is 2.21. The first kappa shape index (κ1) is 10.2. The minimum absolute atomic E-state index is 0.517. The smallest absolute Gasteiger partial charge is 0.0907 e. The van der Waals surface area contributed by atoms with Crippen molar-refractivity contribution in [1.82, 2.24) is 0 Å². The molecule has 0 atom stereocenters. The van der Waals surface area contributed by atoms with Crippen LogP contribution in [0.2, 0.25) is 0 Å². The van der Waals surface area contributed by atoms with Crippen LogP contribution >= 0.6 is 11.3 Å². The lowest BCUT2D eigenvalue weighted by molar-refractivity contribution is -0.0121. The highest BCUT2D eigenvalue weighted by atomic mass is 32.1. The van der Waals surface area contributed by atoms with E-state index in [0.29, 0.717) is 0 Å². The summed E-state index contributed by atoms with van der Waals surface area (Å²) in [5, 5.41) is 12.6. The fourth-order valence-electron chi connectivity index (χ4n) is 2.38. The second-order valence-corrected chi connectivity index (χ2v) is 5.72. The van der Waals surface area contributed by atoms with Gasteiger partial charge in [-0.1, -0.05) is 6.92 Å². The molecule has 0 saturated heterocycles. The van der Waals surface area contributed by atoms with E-state index in [-0.39, 0.29) is 0 Å². The molecule has 2 rings (SSSR count). The van der Waals surface area contributed by atoms with Gasteiger partial charge in [0.05, 0.1) is 5.60 Å². The largest absolute Gasteiger partial charge is 0.385 e. The van der Waals surface area contributed by atoms with E-state index in [0.717, 1.165) is 31.6 Å². The van der Waals surface area contributed by atoms with E-state index in [4.69, 9.17) is 0 Å². The van der Waals surface area contributed by atoms with Crippen molar-refractivity contribution in [1.29, 1.82) is 0 Å². The molecule has 78 valence electrons. The Morgan fingerprint density at radius 1 is 1.43 bits per heavy atom. The van der Waals surface area contributed by atoms with Gasteiger partial charge >= 0.3 is 0 Å². The van der Waals surface area contributed by atoms with Crippen LogP contribution < -0.4 is 0 Å². The highest BCUT2D eigenvalue weighted by Gasteiger charge is 2.34. The summed E-state index contributed by atoms with van der Waals surface area (Å²) in [6, 6.07) is 2.09. The van der Waals surface area contributed by atoms with Crippen molar-refractivity contribution in [3.63, 3.8) is 0 Å². The maximum Gasteiger partial charge on any atom is 0.0907 e. The van der Waals surface area contributed by atoms with Crippen molar-refractivity contribution in [3.05, 3.63) is 21.9 Å². The summed E-state index contributed by atoms with van der Waals surface area (Å²) in [5.41, 5.74) is 0.658. The first-order valence-corrected chi connectivity index (χ1v) is 6.27. The molecule has 0 amide bonds. The van der Waals surface area contributed by atoms with Crippen molar-refractivity contribution >= 4 is 11.3 Å². The second-order valence-electron chi connectivity index (χ2n) is 4.60. The molecule has 0 aromatic carbocycles. The van der Waals surface area contributed by atoms with Gasteiger partial charge in [-0.15, -0.1) is 11.3 Å². The van der Waals surface area contributed by atoms with Crippen LogP contribution in [0.4, 0.5) is 0 Å². The van der Waals surface area contributed by atoms with Gasteiger partial charge in [0.15, 0.2) is 0 Å². The number of thiophene rings is 1. The summed E-state index contributed by atoms with van der Waals surface area (Å²) in [7, 11) is 0. The zero-order chi connectivity index (χ0) is 10.2. The van der Waals surface area contributed by atoms with Crippen LogP contribution in [0.3, 0.4) is 0 Å². The molecule has 0 radical (unpaired) electrons. The number of aliphatic hydroxyl groups is 1. The number of rotatable bonds is 1. The fourth-order valence-corrected chi connectivity index (χ4v) is 3.17. The third kappa shape index (κ3) is 1.73. The lowest BCUT2D eigenvalue weighted by atomic mass is 9.76. The van der Waals surface area contributed by atoms with E-state index in [9.17, 15) is 5.11 Å². The third-order valence-electron chi connectivity index (χ3n) is 3.46. The topological polar surface area (TPSA) is 20.2 Å². The Morgan fingerprint density at radius 3 is 2.57 bits per heavy atom. The van der Waals surface area contributed by atoms with Gasteiger partial charge in [-0.2, -0.15) is 0 Å². The van der Waals surface area contributed by atoms with Crippen LogP contribution in [0, 0.1) is 12.8 Å². The number of aryl methyl sites for hydroxylation is 1. The van der Waals surface area contributed by atoms with E-state index in [2.05, 4.69) is 25.3 Å². The highest BCUT2D eigenvalue weighted by molar-refractivity contribution is 7.10. The van der Waals surface area contributed by atoms with Crippen molar-refractivity contribution in [2.45, 2.75) is 45.1 Å². The molecule has 1 saturated carbocycles.